The molecule has 4 nitrogen and oxygen atoms in total. The van der Waals surface area contributed by atoms with Gasteiger partial charge < -0.3 is 10.2 Å². The molecule has 2 amide bonds. The molecule has 1 N–H and O–H groups in total. The first-order valence-corrected chi connectivity index (χ1v) is 8.25. The van der Waals surface area contributed by atoms with Crippen molar-refractivity contribution in [3.05, 3.63) is 0 Å². The maximum Gasteiger partial charge on any atom is 0.225 e. The molecule has 3 fully saturated rings. The first-order chi connectivity index (χ1) is 9.67. The van der Waals surface area contributed by atoms with E-state index in [1.165, 1.54) is 6.42 Å². The van der Waals surface area contributed by atoms with Gasteiger partial charge in [-0.25, -0.2) is 0 Å². The van der Waals surface area contributed by atoms with E-state index in [9.17, 15) is 9.59 Å². The number of fused-ring (bicyclic) bond motifs is 1. The molecule has 20 heavy (non-hydrogen) atoms. The lowest BCUT2D eigenvalue weighted by Crippen LogP contribution is -2.47. The highest BCUT2D eigenvalue weighted by atomic mass is 16.2. The molecule has 2 atom stereocenters. The Kier molecular flexibility index (Phi) is 3.99. The molecule has 2 aliphatic carbocycles. The van der Waals surface area contributed by atoms with Gasteiger partial charge in [-0.1, -0.05) is 6.92 Å². The molecule has 0 radical (unpaired) electrons. The normalized spacial score (nSPS) is 32.9. The molecule has 2 unspecified atom stereocenters. The van der Waals surface area contributed by atoms with Crippen LogP contribution in [-0.2, 0) is 9.59 Å². The average Bonchev–Trinajstić information content (AvgIpc) is 3.05. The summed E-state index contributed by atoms with van der Waals surface area (Å²) in [4.78, 5) is 26.1. The van der Waals surface area contributed by atoms with Gasteiger partial charge >= 0.3 is 0 Å². The summed E-state index contributed by atoms with van der Waals surface area (Å²) < 4.78 is 0. The molecule has 3 aliphatic rings. The lowest BCUT2D eigenvalue weighted by Gasteiger charge is -2.34. The third-order valence-electron chi connectivity index (χ3n) is 5.24. The SMILES string of the molecule is CCCC(=O)NC1CCN(C(=O)C2CC3CC3C2)CC1. The van der Waals surface area contributed by atoms with Crippen LogP contribution in [0.15, 0.2) is 0 Å². The number of nitrogens with zero attached hydrogens (tertiary/aromatic N) is 1. The monoisotopic (exact) mass is 278 g/mol. The van der Waals surface area contributed by atoms with E-state index in [0.717, 1.165) is 57.0 Å². The molecule has 112 valence electrons. The third-order valence-corrected chi connectivity index (χ3v) is 5.24. The maximum absolute atomic E-state index is 12.4. The van der Waals surface area contributed by atoms with Gasteiger partial charge in [-0.3, -0.25) is 9.59 Å². The van der Waals surface area contributed by atoms with Crippen molar-refractivity contribution >= 4 is 11.8 Å². The van der Waals surface area contributed by atoms with E-state index in [1.54, 1.807) is 0 Å². The minimum atomic E-state index is 0.160. The standard InChI is InChI=1S/C16H26N2O2/c1-2-3-15(19)17-14-4-6-18(7-5-14)16(20)13-9-11-8-12(11)10-13/h11-14H,2-10H2,1H3,(H,17,19). The van der Waals surface area contributed by atoms with Crippen molar-refractivity contribution in [2.75, 3.05) is 13.1 Å². The van der Waals surface area contributed by atoms with Crippen molar-refractivity contribution in [2.24, 2.45) is 17.8 Å². The summed E-state index contributed by atoms with van der Waals surface area (Å²) in [5.74, 6) is 2.60. The van der Waals surface area contributed by atoms with E-state index in [1.807, 2.05) is 11.8 Å². The number of piperidine rings is 1. The lowest BCUT2D eigenvalue weighted by molar-refractivity contribution is -0.136. The summed E-state index contributed by atoms with van der Waals surface area (Å²) in [7, 11) is 0. The number of amides is 2. The predicted octanol–water partition coefficient (Wildman–Crippen LogP) is 1.94. The van der Waals surface area contributed by atoms with E-state index in [-0.39, 0.29) is 11.9 Å². The minimum absolute atomic E-state index is 0.160. The Morgan fingerprint density at radius 2 is 1.75 bits per heavy atom. The van der Waals surface area contributed by atoms with Crippen molar-refractivity contribution in [2.45, 2.75) is 57.9 Å². The van der Waals surface area contributed by atoms with Crippen molar-refractivity contribution in [3.63, 3.8) is 0 Å². The Balaban J connectivity index is 1.41. The summed E-state index contributed by atoms with van der Waals surface area (Å²) in [6, 6.07) is 0.273. The number of hydrogen-bond acceptors (Lipinski definition) is 2. The summed E-state index contributed by atoms with van der Waals surface area (Å²) >= 11 is 0. The van der Waals surface area contributed by atoms with Crippen LogP contribution in [0.1, 0.15) is 51.9 Å². The first kappa shape index (κ1) is 13.9. The molecule has 3 rings (SSSR count). The number of hydrogen-bond donors (Lipinski definition) is 1. The first-order valence-electron chi connectivity index (χ1n) is 8.25. The topological polar surface area (TPSA) is 49.4 Å². The molecule has 2 saturated carbocycles. The molecule has 0 aromatic carbocycles. The number of carbonyl (C=O) groups excluding carboxylic acids is 2. The van der Waals surface area contributed by atoms with Gasteiger partial charge in [0.2, 0.25) is 11.8 Å². The van der Waals surface area contributed by atoms with Crippen LogP contribution in [0.2, 0.25) is 0 Å². The fourth-order valence-electron chi connectivity index (χ4n) is 3.95. The van der Waals surface area contributed by atoms with Gasteiger partial charge in [-0.2, -0.15) is 0 Å². The Morgan fingerprint density at radius 1 is 1.10 bits per heavy atom. The Labute approximate surface area is 121 Å². The number of rotatable bonds is 4. The molecular weight excluding hydrogens is 252 g/mol. The van der Waals surface area contributed by atoms with Crippen molar-refractivity contribution in [3.8, 4) is 0 Å². The zero-order chi connectivity index (χ0) is 14.1. The van der Waals surface area contributed by atoms with E-state index in [4.69, 9.17) is 0 Å². The van der Waals surface area contributed by atoms with Crippen molar-refractivity contribution in [1.29, 1.82) is 0 Å². The van der Waals surface area contributed by atoms with Crippen LogP contribution in [0.4, 0.5) is 0 Å². The molecule has 1 heterocycles. The third kappa shape index (κ3) is 2.99. The van der Waals surface area contributed by atoms with Gasteiger partial charge in [0, 0.05) is 31.5 Å². The Bertz CT molecular complexity index is 378. The molecular formula is C16H26N2O2. The molecule has 0 spiro atoms. The molecule has 0 bridgehead atoms. The van der Waals surface area contributed by atoms with Crippen LogP contribution >= 0.6 is 0 Å². The van der Waals surface area contributed by atoms with Crippen LogP contribution in [0.25, 0.3) is 0 Å². The predicted molar refractivity (Wildman–Crippen MR) is 77.0 cm³/mol. The van der Waals surface area contributed by atoms with Crippen molar-refractivity contribution in [1.82, 2.24) is 10.2 Å². The highest BCUT2D eigenvalue weighted by Gasteiger charge is 2.48. The van der Waals surface area contributed by atoms with E-state index >= 15 is 0 Å². The fraction of sp³-hybridized carbons (Fsp3) is 0.875. The van der Waals surface area contributed by atoms with Gasteiger partial charge in [0.25, 0.3) is 0 Å². The van der Waals surface area contributed by atoms with Crippen LogP contribution < -0.4 is 5.32 Å². The molecule has 0 aromatic rings. The molecule has 4 heteroatoms. The second-order valence-electron chi connectivity index (χ2n) is 6.84. The van der Waals surface area contributed by atoms with E-state index < -0.39 is 0 Å². The number of carbonyl (C=O) groups is 2. The largest absolute Gasteiger partial charge is 0.353 e. The van der Waals surface area contributed by atoms with E-state index in [0.29, 0.717) is 18.2 Å². The molecule has 0 aromatic heterocycles. The second kappa shape index (κ2) is 5.74. The summed E-state index contributed by atoms with van der Waals surface area (Å²) in [5, 5.41) is 3.09. The maximum atomic E-state index is 12.4. The van der Waals surface area contributed by atoms with E-state index in [2.05, 4.69) is 5.32 Å². The van der Waals surface area contributed by atoms with Gasteiger partial charge in [-0.05, 0) is 50.4 Å². The van der Waals surface area contributed by atoms with Crippen LogP contribution in [-0.4, -0.2) is 35.8 Å². The highest BCUT2D eigenvalue weighted by Crippen LogP contribution is 2.54. The highest BCUT2D eigenvalue weighted by molar-refractivity contribution is 5.79. The lowest BCUT2D eigenvalue weighted by atomic mass is 9.98. The van der Waals surface area contributed by atoms with Gasteiger partial charge in [0.05, 0.1) is 0 Å². The zero-order valence-corrected chi connectivity index (χ0v) is 12.4. The van der Waals surface area contributed by atoms with Crippen LogP contribution in [0, 0.1) is 17.8 Å². The summed E-state index contributed by atoms with van der Waals surface area (Å²) in [6.07, 6.45) is 6.99. The molecule has 1 aliphatic heterocycles. The van der Waals surface area contributed by atoms with Crippen molar-refractivity contribution < 1.29 is 9.59 Å². The smallest absolute Gasteiger partial charge is 0.225 e. The average molecular weight is 278 g/mol. The number of likely N-dealkylation sites (tertiary alicyclic amines) is 1. The Morgan fingerprint density at radius 3 is 2.35 bits per heavy atom. The fourth-order valence-corrected chi connectivity index (χ4v) is 3.95. The van der Waals surface area contributed by atoms with Crippen LogP contribution in [0.3, 0.4) is 0 Å². The van der Waals surface area contributed by atoms with Gasteiger partial charge in [0.1, 0.15) is 0 Å². The Hall–Kier alpha value is -1.06. The summed E-state index contributed by atoms with van der Waals surface area (Å²) in [5.41, 5.74) is 0. The quantitative estimate of drug-likeness (QED) is 0.854. The summed E-state index contributed by atoms with van der Waals surface area (Å²) in [6.45, 7) is 3.66. The number of nitrogens with one attached hydrogen (secondary N) is 1. The van der Waals surface area contributed by atoms with Gasteiger partial charge in [0.15, 0.2) is 0 Å². The second-order valence-corrected chi connectivity index (χ2v) is 6.84. The zero-order valence-electron chi connectivity index (χ0n) is 12.4. The minimum Gasteiger partial charge on any atom is -0.353 e. The molecule has 1 saturated heterocycles. The van der Waals surface area contributed by atoms with Gasteiger partial charge in [-0.15, -0.1) is 0 Å². The van der Waals surface area contributed by atoms with Crippen LogP contribution in [0.5, 0.6) is 0 Å².